The Hall–Kier alpha value is -3.80. The van der Waals surface area contributed by atoms with Gasteiger partial charge in [-0.25, -0.2) is 4.79 Å². The number of carbonyl (C=O) groups is 1. The summed E-state index contributed by atoms with van der Waals surface area (Å²) in [7, 11) is 1.59. The van der Waals surface area contributed by atoms with Gasteiger partial charge in [-0.05, 0) is 43.9 Å². The van der Waals surface area contributed by atoms with Gasteiger partial charge in [0.25, 0.3) is 5.56 Å². The molecule has 158 valence electrons. The molecule has 1 aromatic heterocycles. The van der Waals surface area contributed by atoms with Crippen LogP contribution < -0.4 is 15.6 Å². The van der Waals surface area contributed by atoms with Gasteiger partial charge in [0.2, 0.25) is 0 Å². The minimum atomic E-state index is -0.694. The maximum Gasteiger partial charge on any atom is 0.412 e. The maximum absolute atomic E-state index is 13.2. The molecule has 0 fully saturated rings. The Labute approximate surface area is 179 Å². The Morgan fingerprint density at radius 1 is 0.968 bits per heavy atom. The smallest absolute Gasteiger partial charge is 0.412 e. The first kappa shape index (κ1) is 20.5. The third kappa shape index (κ3) is 4.10. The zero-order valence-electron chi connectivity index (χ0n) is 17.9. The molecule has 6 heteroatoms. The van der Waals surface area contributed by atoms with Crippen molar-refractivity contribution in [2.24, 2.45) is 0 Å². The molecule has 4 aromatic rings. The molecule has 0 aliphatic heterocycles. The number of hydrogen-bond donors (Lipinski definition) is 2. The Balaban J connectivity index is 2.02. The van der Waals surface area contributed by atoms with Gasteiger partial charge in [0.1, 0.15) is 17.0 Å². The van der Waals surface area contributed by atoms with E-state index in [1.807, 2.05) is 60.7 Å². The van der Waals surface area contributed by atoms with Crippen LogP contribution >= 0.6 is 0 Å². The minimum Gasteiger partial charge on any atom is -0.497 e. The molecule has 0 unspecified atom stereocenters. The Kier molecular flexibility index (Phi) is 5.15. The lowest BCUT2D eigenvalue weighted by Crippen LogP contribution is -2.29. The predicted octanol–water partition coefficient (Wildman–Crippen LogP) is 5.70. The number of anilines is 1. The first-order valence-electron chi connectivity index (χ1n) is 9.99. The molecule has 0 aliphatic carbocycles. The SMILES string of the molecule is COc1cccc(-c2c(NC(=O)OC(C)(C)C)c(=O)[nH]c3c2ccc2ccccc23)c1. The number of rotatable bonds is 3. The van der Waals surface area contributed by atoms with Crippen LogP contribution in [-0.2, 0) is 4.74 Å². The largest absolute Gasteiger partial charge is 0.497 e. The number of nitrogens with one attached hydrogen (secondary N) is 2. The van der Waals surface area contributed by atoms with Gasteiger partial charge >= 0.3 is 6.09 Å². The van der Waals surface area contributed by atoms with Gasteiger partial charge in [0, 0.05) is 16.3 Å². The summed E-state index contributed by atoms with van der Waals surface area (Å²) in [5, 5.41) is 5.40. The molecular weight excluding hydrogens is 392 g/mol. The van der Waals surface area contributed by atoms with E-state index in [4.69, 9.17) is 9.47 Å². The highest BCUT2D eigenvalue weighted by Crippen LogP contribution is 2.36. The molecule has 1 amide bonds. The van der Waals surface area contributed by atoms with Crippen molar-refractivity contribution < 1.29 is 14.3 Å². The summed E-state index contributed by atoms with van der Waals surface area (Å²) in [6, 6.07) is 19.2. The third-order valence-corrected chi connectivity index (χ3v) is 4.90. The van der Waals surface area contributed by atoms with Crippen LogP contribution in [0.2, 0.25) is 0 Å². The van der Waals surface area contributed by atoms with E-state index in [1.165, 1.54) is 0 Å². The lowest BCUT2D eigenvalue weighted by Gasteiger charge is -2.21. The number of aromatic amines is 1. The van der Waals surface area contributed by atoms with Crippen molar-refractivity contribution in [3.63, 3.8) is 0 Å². The molecule has 2 N–H and O–H groups in total. The number of pyridine rings is 1. The second-order valence-corrected chi connectivity index (χ2v) is 8.27. The molecule has 3 aromatic carbocycles. The van der Waals surface area contributed by atoms with Crippen LogP contribution in [0, 0.1) is 0 Å². The van der Waals surface area contributed by atoms with Crippen LogP contribution in [0.15, 0.2) is 65.5 Å². The quantitative estimate of drug-likeness (QED) is 0.420. The summed E-state index contributed by atoms with van der Waals surface area (Å²) in [6.45, 7) is 5.31. The summed E-state index contributed by atoms with van der Waals surface area (Å²) in [5.41, 5.74) is 1.08. The van der Waals surface area contributed by atoms with Crippen molar-refractivity contribution in [1.29, 1.82) is 0 Å². The molecule has 0 saturated heterocycles. The average molecular weight is 416 g/mol. The van der Waals surface area contributed by atoms with E-state index in [9.17, 15) is 9.59 Å². The second-order valence-electron chi connectivity index (χ2n) is 8.27. The highest BCUT2D eigenvalue weighted by Gasteiger charge is 2.22. The number of ether oxygens (including phenoxy) is 2. The summed E-state index contributed by atoms with van der Waals surface area (Å²) >= 11 is 0. The number of fused-ring (bicyclic) bond motifs is 3. The zero-order valence-corrected chi connectivity index (χ0v) is 17.9. The zero-order chi connectivity index (χ0) is 22.2. The van der Waals surface area contributed by atoms with Crippen molar-refractivity contribution in [2.75, 3.05) is 12.4 Å². The Morgan fingerprint density at radius 2 is 1.74 bits per heavy atom. The number of benzene rings is 3. The molecule has 4 rings (SSSR count). The van der Waals surface area contributed by atoms with Gasteiger partial charge in [-0.2, -0.15) is 0 Å². The molecule has 0 bridgehead atoms. The third-order valence-electron chi connectivity index (χ3n) is 4.90. The summed E-state index contributed by atoms with van der Waals surface area (Å²) < 4.78 is 10.8. The van der Waals surface area contributed by atoms with Gasteiger partial charge in [0.15, 0.2) is 0 Å². The van der Waals surface area contributed by atoms with Crippen molar-refractivity contribution in [2.45, 2.75) is 26.4 Å². The van der Waals surface area contributed by atoms with Gasteiger partial charge in [-0.3, -0.25) is 10.1 Å². The molecule has 0 spiro atoms. The van der Waals surface area contributed by atoms with Crippen LogP contribution in [-0.4, -0.2) is 23.8 Å². The van der Waals surface area contributed by atoms with E-state index < -0.39 is 17.3 Å². The fraction of sp³-hybridized carbons (Fsp3) is 0.200. The average Bonchev–Trinajstić information content (AvgIpc) is 2.73. The molecule has 6 nitrogen and oxygen atoms in total. The van der Waals surface area contributed by atoms with Gasteiger partial charge in [0.05, 0.1) is 12.6 Å². The van der Waals surface area contributed by atoms with E-state index in [0.717, 1.165) is 21.7 Å². The molecule has 1 heterocycles. The first-order valence-corrected chi connectivity index (χ1v) is 9.99. The maximum atomic E-state index is 13.2. The molecule has 31 heavy (non-hydrogen) atoms. The van der Waals surface area contributed by atoms with Gasteiger partial charge < -0.3 is 14.5 Å². The number of methoxy groups -OCH3 is 1. The van der Waals surface area contributed by atoms with Crippen molar-refractivity contribution in [1.82, 2.24) is 4.98 Å². The van der Waals surface area contributed by atoms with Crippen molar-refractivity contribution >= 4 is 33.5 Å². The Bertz CT molecular complexity index is 1350. The van der Waals surface area contributed by atoms with Crippen LogP contribution in [0.4, 0.5) is 10.5 Å². The van der Waals surface area contributed by atoms with Crippen LogP contribution in [0.5, 0.6) is 5.75 Å². The molecule has 0 radical (unpaired) electrons. The van der Waals surface area contributed by atoms with Crippen LogP contribution in [0.1, 0.15) is 20.8 Å². The summed E-state index contributed by atoms with van der Waals surface area (Å²) in [4.78, 5) is 28.6. The van der Waals surface area contributed by atoms with E-state index in [1.54, 1.807) is 27.9 Å². The highest BCUT2D eigenvalue weighted by molar-refractivity contribution is 6.13. The van der Waals surface area contributed by atoms with Crippen molar-refractivity contribution in [3.05, 3.63) is 71.0 Å². The lowest BCUT2D eigenvalue weighted by atomic mass is 9.96. The number of hydrogen-bond acceptors (Lipinski definition) is 4. The van der Waals surface area contributed by atoms with E-state index in [-0.39, 0.29) is 5.69 Å². The van der Waals surface area contributed by atoms with Gasteiger partial charge in [-0.1, -0.05) is 48.5 Å². The molecule has 0 aliphatic rings. The van der Waals surface area contributed by atoms with Gasteiger partial charge in [-0.15, -0.1) is 0 Å². The monoisotopic (exact) mass is 416 g/mol. The molecule has 0 saturated carbocycles. The van der Waals surface area contributed by atoms with Crippen LogP contribution in [0.25, 0.3) is 32.8 Å². The summed E-state index contributed by atoms with van der Waals surface area (Å²) in [6.07, 6.45) is -0.692. The number of H-pyrrole nitrogens is 1. The highest BCUT2D eigenvalue weighted by atomic mass is 16.6. The van der Waals surface area contributed by atoms with Crippen LogP contribution in [0.3, 0.4) is 0 Å². The van der Waals surface area contributed by atoms with E-state index in [2.05, 4.69) is 10.3 Å². The standard InChI is InChI=1S/C25H24N2O4/c1-25(2,3)31-24(29)27-22-20(16-9-7-10-17(14-16)30-4)19-13-12-15-8-5-6-11-18(15)21(19)26-23(22)28/h5-14H,1-4H3,(H,26,28)(H,27,29). The minimum absolute atomic E-state index is 0.130. The summed E-state index contributed by atoms with van der Waals surface area (Å²) in [5.74, 6) is 0.648. The predicted molar refractivity (Wildman–Crippen MR) is 124 cm³/mol. The molecule has 0 atom stereocenters. The number of aromatic nitrogens is 1. The first-order chi connectivity index (χ1) is 14.8. The fourth-order valence-electron chi connectivity index (χ4n) is 3.64. The second kappa shape index (κ2) is 7.80. The number of carbonyl (C=O) groups excluding carboxylic acids is 1. The van der Waals surface area contributed by atoms with E-state index in [0.29, 0.717) is 16.8 Å². The molecular formula is C25H24N2O4. The topological polar surface area (TPSA) is 80.4 Å². The lowest BCUT2D eigenvalue weighted by molar-refractivity contribution is 0.0636. The van der Waals surface area contributed by atoms with Crippen molar-refractivity contribution in [3.8, 4) is 16.9 Å². The normalized spacial score (nSPS) is 11.5. The van der Waals surface area contributed by atoms with E-state index >= 15 is 0 Å². The number of amides is 1. The fourth-order valence-corrected chi connectivity index (χ4v) is 3.64. The Morgan fingerprint density at radius 3 is 2.48 bits per heavy atom.